The van der Waals surface area contributed by atoms with Crippen molar-refractivity contribution in [3.63, 3.8) is 0 Å². The summed E-state index contributed by atoms with van der Waals surface area (Å²) >= 11 is 0. The Morgan fingerprint density at radius 2 is 1.30 bits per heavy atom. The summed E-state index contributed by atoms with van der Waals surface area (Å²) in [5.41, 5.74) is 1.36. The highest BCUT2D eigenvalue weighted by Crippen LogP contribution is 2.78. The van der Waals surface area contributed by atoms with Gasteiger partial charge in [-0.3, -0.25) is 4.79 Å². The van der Waals surface area contributed by atoms with Gasteiger partial charge in [-0.2, -0.15) is 0 Å². The molecule has 0 spiro atoms. The SMILES string of the molecule is C=C(C)C1CCC2(C)C3CCC4[C@@]5(C)CC[C@H](O)[C@@](C)(C(=O)O)C5CC[C@@]4(C)C3(C)CC[C@@H]12. The summed E-state index contributed by atoms with van der Waals surface area (Å²) in [5.74, 6) is 2.08. The summed E-state index contributed by atoms with van der Waals surface area (Å²) in [7, 11) is 0. The molecule has 0 aromatic rings. The molecule has 5 saturated carbocycles. The van der Waals surface area contributed by atoms with Gasteiger partial charge in [-0.25, -0.2) is 0 Å². The fraction of sp³-hybridized carbons (Fsp3) is 0.900. The van der Waals surface area contributed by atoms with Gasteiger partial charge in [0.15, 0.2) is 0 Å². The second-order valence-corrected chi connectivity index (χ2v) is 14.4. The topological polar surface area (TPSA) is 57.5 Å². The molecular formula is C30H48O3. The zero-order valence-corrected chi connectivity index (χ0v) is 22.0. The Labute approximate surface area is 201 Å². The Hall–Kier alpha value is -0.830. The number of hydrogen-bond donors (Lipinski definition) is 2. The summed E-state index contributed by atoms with van der Waals surface area (Å²) < 4.78 is 0. The standard InChI is InChI=1S/C30H48O3/c1-18(2)19-10-14-26(3)20(19)11-16-28(5)21(26)8-9-22-27(4)15-13-24(31)30(7,25(32)33)23(27)12-17-29(22,28)6/h19-24,31H,1,8-17H2,2-7H3,(H,32,33)/t19?,20-,21?,22?,23?,24-,26?,27+,28?,29+,30-/m0/s1. The molecule has 6 unspecified atom stereocenters. The number of carbonyl (C=O) groups is 1. The Morgan fingerprint density at radius 3 is 1.88 bits per heavy atom. The monoisotopic (exact) mass is 456 g/mol. The van der Waals surface area contributed by atoms with Crippen LogP contribution in [0.1, 0.15) is 106 Å². The second-order valence-electron chi connectivity index (χ2n) is 14.4. The van der Waals surface area contributed by atoms with Gasteiger partial charge in [0.25, 0.3) is 0 Å². The van der Waals surface area contributed by atoms with Crippen LogP contribution < -0.4 is 0 Å². The number of aliphatic carboxylic acids is 1. The Balaban J connectivity index is 1.53. The maximum absolute atomic E-state index is 12.5. The van der Waals surface area contributed by atoms with E-state index in [2.05, 4.69) is 41.2 Å². The highest BCUT2D eigenvalue weighted by Gasteiger charge is 2.72. The molecule has 5 aliphatic carbocycles. The molecule has 0 radical (unpaired) electrons. The Morgan fingerprint density at radius 1 is 0.758 bits per heavy atom. The van der Waals surface area contributed by atoms with Gasteiger partial charge in [-0.15, -0.1) is 0 Å². The second kappa shape index (κ2) is 7.11. The molecule has 0 aromatic carbocycles. The summed E-state index contributed by atoms with van der Waals surface area (Å²) in [5, 5.41) is 21.1. The third-order valence-corrected chi connectivity index (χ3v) is 13.7. The van der Waals surface area contributed by atoms with E-state index in [4.69, 9.17) is 0 Å². The molecule has 0 heterocycles. The largest absolute Gasteiger partial charge is 0.481 e. The Kier molecular flexibility index (Phi) is 5.15. The summed E-state index contributed by atoms with van der Waals surface area (Å²) in [4.78, 5) is 12.5. The van der Waals surface area contributed by atoms with Crippen LogP contribution in [0.5, 0.6) is 0 Å². The van der Waals surface area contributed by atoms with Crippen LogP contribution in [-0.4, -0.2) is 22.3 Å². The lowest BCUT2D eigenvalue weighted by atomic mass is 9.31. The lowest BCUT2D eigenvalue weighted by molar-refractivity contribution is -0.253. The van der Waals surface area contributed by atoms with Gasteiger partial charge >= 0.3 is 5.97 Å². The van der Waals surface area contributed by atoms with Crippen molar-refractivity contribution in [3.05, 3.63) is 12.2 Å². The third-order valence-electron chi connectivity index (χ3n) is 13.7. The lowest BCUT2D eigenvalue weighted by Gasteiger charge is -2.73. The third kappa shape index (κ3) is 2.70. The van der Waals surface area contributed by atoms with Gasteiger partial charge in [0, 0.05) is 0 Å². The first-order valence-corrected chi connectivity index (χ1v) is 13.8. The van der Waals surface area contributed by atoms with Crippen molar-refractivity contribution in [1.82, 2.24) is 0 Å². The van der Waals surface area contributed by atoms with Crippen LogP contribution in [0.25, 0.3) is 0 Å². The van der Waals surface area contributed by atoms with E-state index in [-0.39, 0.29) is 16.7 Å². The van der Waals surface area contributed by atoms with Crippen molar-refractivity contribution in [2.45, 2.75) is 112 Å². The van der Waals surface area contributed by atoms with E-state index < -0.39 is 17.5 Å². The number of carboxylic acid groups (broad SMARTS) is 1. The fourth-order valence-corrected chi connectivity index (χ4v) is 11.7. The molecule has 11 atom stereocenters. The maximum atomic E-state index is 12.5. The van der Waals surface area contributed by atoms with E-state index >= 15 is 0 Å². The minimum absolute atomic E-state index is 0.00101. The highest BCUT2D eigenvalue weighted by atomic mass is 16.4. The Bertz CT molecular complexity index is 865. The normalized spacial score (nSPS) is 57.9. The van der Waals surface area contributed by atoms with Crippen LogP contribution in [0.3, 0.4) is 0 Å². The molecule has 5 aliphatic rings. The first-order chi connectivity index (χ1) is 15.3. The average molecular weight is 457 g/mol. The molecule has 0 bridgehead atoms. The van der Waals surface area contributed by atoms with Crippen molar-refractivity contribution in [1.29, 1.82) is 0 Å². The van der Waals surface area contributed by atoms with Gasteiger partial charge < -0.3 is 10.2 Å². The van der Waals surface area contributed by atoms with Crippen LogP contribution in [0, 0.1) is 56.7 Å². The molecule has 0 amide bonds. The highest BCUT2D eigenvalue weighted by molar-refractivity contribution is 5.76. The molecule has 186 valence electrons. The first-order valence-electron chi connectivity index (χ1n) is 13.8. The van der Waals surface area contributed by atoms with E-state index in [1.807, 2.05) is 6.92 Å². The quantitative estimate of drug-likeness (QED) is 0.436. The summed E-state index contributed by atoms with van der Waals surface area (Å²) in [6, 6.07) is 0. The van der Waals surface area contributed by atoms with Gasteiger partial charge in [0.2, 0.25) is 0 Å². The zero-order valence-electron chi connectivity index (χ0n) is 22.0. The molecular weight excluding hydrogens is 408 g/mol. The molecule has 3 nitrogen and oxygen atoms in total. The molecule has 3 heteroatoms. The molecule has 0 aromatic heterocycles. The van der Waals surface area contributed by atoms with Crippen molar-refractivity contribution < 1.29 is 15.0 Å². The fourth-order valence-electron chi connectivity index (χ4n) is 11.7. The van der Waals surface area contributed by atoms with Crippen LogP contribution in [-0.2, 0) is 4.79 Å². The summed E-state index contributed by atoms with van der Waals surface area (Å²) in [6.07, 6.45) is 10.8. The average Bonchev–Trinajstić information content (AvgIpc) is 3.09. The van der Waals surface area contributed by atoms with E-state index in [0.717, 1.165) is 31.1 Å². The number of aliphatic hydroxyl groups is 1. The number of rotatable bonds is 2. The molecule has 5 fully saturated rings. The van der Waals surface area contributed by atoms with Crippen molar-refractivity contribution in [2.24, 2.45) is 56.7 Å². The maximum Gasteiger partial charge on any atom is 0.312 e. The number of aliphatic hydroxyl groups excluding tert-OH is 1. The van der Waals surface area contributed by atoms with E-state index in [1.165, 1.54) is 44.1 Å². The van der Waals surface area contributed by atoms with Gasteiger partial charge in [0.05, 0.1) is 11.5 Å². The van der Waals surface area contributed by atoms with Crippen LogP contribution in [0.2, 0.25) is 0 Å². The van der Waals surface area contributed by atoms with Gasteiger partial charge in [0.1, 0.15) is 0 Å². The number of hydrogen-bond acceptors (Lipinski definition) is 2. The number of carboxylic acids is 1. The smallest absolute Gasteiger partial charge is 0.312 e. The van der Waals surface area contributed by atoms with E-state index in [9.17, 15) is 15.0 Å². The molecule has 5 rings (SSSR count). The van der Waals surface area contributed by atoms with Crippen LogP contribution >= 0.6 is 0 Å². The van der Waals surface area contributed by atoms with Crippen molar-refractivity contribution >= 4 is 5.97 Å². The van der Waals surface area contributed by atoms with E-state index in [1.54, 1.807) is 0 Å². The van der Waals surface area contributed by atoms with E-state index in [0.29, 0.717) is 29.1 Å². The molecule has 2 N–H and O–H groups in total. The summed E-state index contributed by atoms with van der Waals surface area (Å²) in [6.45, 7) is 18.8. The van der Waals surface area contributed by atoms with Gasteiger partial charge in [-0.05, 0) is 129 Å². The number of fused-ring (bicyclic) bond motifs is 7. The van der Waals surface area contributed by atoms with Crippen LogP contribution in [0.4, 0.5) is 0 Å². The minimum Gasteiger partial charge on any atom is -0.481 e. The van der Waals surface area contributed by atoms with Gasteiger partial charge in [-0.1, -0.05) is 39.8 Å². The zero-order chi connectivity index (χ0) is 24.2. The lowest BCUT2D eigenvalue weighted by Crippen LogP contribution is -2.68. The van der Waals surface area contributed by atoms with Crippen molar-refractivity contribution in [3.8, 4) is 0 Å². The molecule has 0 aliphatic heterocycles. The van der Waals surface area contributed by atoms with Crippen LogP contribution in [0.15, 0.2) is 12.2 Å². The number of allylic oxidation sites excluding steroid dienone is 1. The first kappa shape index (κ1) is 23.9. The molecule has 0 saturated heterocycles. The predicted octanol–water partition coefficient (Wildman–Crippen LogP) is 7.09. The van der Waals surface area contributed by atoms with Crippen molar-refractivity contribution in [2.75, 3.05) is 0 Å². The molecule has 33 heavy (non-hydrogen) atoms. The predicted molar refractivity (Wildman–Crippen MR) is 133 cm³/mol. The minimum atomic E-state index is -1.02.